The second kappa shape index (κ2) is 6.13. The molecule has 0 spiro atoms. The molecule has 0 bridgehead atoms. The molecule has 0 radical (unpaired) electrons. The van der Waals surface area contributed by atoms with E-state index in [4.69, 9.17) is 4.89 Å². The maximum absolute atomic E-state index is 12.8. The van der Waals surface area contributed by atoms with E-state index in [1.807, 2.05) is 0 Å². The zero-order valence-electron chi connectivity index (χ0n) is 9.97. The maximum Gasteiger partial charge on any atom is 0.417 e. The summed E-state index contributed by atoms with van der Waals surface area (Å²) in [5, 5.41) is 0. The average Bonchev–Trinajstić information content (AvgIpc) is 2.34. The van der Waals surface area contributed by atoms with Crippen LogP contribution in [0, 0.1) is 0 Å². The van der Waals surface area contributed by atoms with Crippen LogP contribution in [0.15, 0.2) is 23.1 Å². The molecule has 1 rings (SSSR count). The zero-order chi connectivity index (χ0) is 15.6. The van der Waals surface area contributed by atoms with Gasteiger partial charge in [0.25, 0.3) is 0 Å². The summed E-state index contributed by atoms with van der Waals surface area (Å²) in [6.45, 7) is 0. The van der Waals surface area contributed by atoms with Gasteiger partial charge in [-0.2, -0.15) is 21.6 Å². The summed E-state index contributed by atoms with van der Waals surface area (Å²) in [7, 11) is -7.22. The third kappa shape index (κ3) is 3.95. The number of ether oxygens (including phenoxy) is 1. The van der Waals surface area contributed by atoms with Gasteiger partial charge in [0.05, 0.1) is 12.7 Å². The smallest absolute Gasteiger partial charge is 0.417 e. The van der Waals surface area contributed by atoms with E-state index >= 15 is 0 Å². The molecule has 0 saturated carbocycles. The molecule has 1 aromatic carbocycles. The third-order valence-corrected chi connectivity index (χ3v) is 4.04. The largest absolute Gasteiger partial charge is 0.495 e. The minimum Gasteiger partial charge on any atom is -0.495 e. The molecule has 11 heteroatoms. The van der Waals surface area contributed by atoms with Crippen molar-refractivity contribution >= 4 is 18.1 Å². The van der Waals surface area contributed by atoms with E-state index in [9.17, 15) is 26.2 Å². The highest BCUT2D eigenvalue weighted by molar-refractivity contribution is 7.87. The van der Waals surface area contributed by atoms with Crippen LogP contribution in [0.3, 0.4) is 0 Å². The molecule has 0 aliphatic carbocycles. The summed E-state index contributed by atoms with van der Waals surface area (Å²) < 4.78 is 81.1. The van der Waals surface area contributed by atoms with Crippen molar-refractivity contribution in [3.05, 3.63) is 23.8 Å². The number of hydrogen-bond donors (Lipinski definition) is 1. The molecule has 0 aliphatic rings. The van der Waals surface area contributed by atoms with Gasteiger partial charge >= 0.3 is 16.3 Å². The first-order valence-electron chi connectivity index (χ1n) is 4.95. The van der Waals surface area contributed by atoms with Crippen molar-refractivity contribution in [1.29, 1.82) is 0 Å². The van der Waals surface area contributed by atoms with Crippen molar-refractivity contribution in [3.8, 4) is 5.75 Å². The Hall–Kier alpha value is -1.09. The summed E-state index contributed by atoms with van der Waals surface area (Å²) in [4.78, 5) is 7.30. The van der Waals surface area contributed by atoms with Crippen molar-refractivity contribution in [1.82, 2.24) is 0 Å². The predicted octanol–water partition coefficient (Wildman–Crippen LogP) is 1.84. The van der Waals surface area contributed by atoms with Crippen molar-refractivity contribution < 1.29 is 40.0 Å². The van der Waals surface area contributed by atoms with Crippen LogP contribution in [0.4, 0.5) is 13.2 Å². The molecule has 114 valence electrons. The second-order valence-corrected chi connectivity index (χ2v) is 6.07. The lowest BCUT2D eigenvalue weighted by Gasteiger charge is -2.15. The molecule has 1 atom stereocenters. The van der Waals surface area contributed by atoms with Crippen LogP contribution in [0.1, 0.15) is 5.56 Å². The first-order valence-corrected chi connectivity index (χ1v) is 7.92. The topological polar surface area (TPSA) is 89.9 Å². The quantitative estimate of drug-likeness (QED) is 0.653. The van der Waals surface area contributed by atoms with Gasteiger partial charge in [0.2, 0.25) is 8.03 Å². The Morgan fingerprint density at radius 2 is 1.95 bits per heavy atom. The summed E-state index contributed by atoms with van der Waals surface area (Å²) >= 11 is 0. The van der Waals surface area contributed by atoms with E-state index in [0.29, 0.717) is 6.07 Å². The first-order chi connectivity index (χ1) is 9.09. The van der Waals surface area contributed by atoms with E-state index in [1.54, 1.807) is 0 Å². The summed E-state index contributed by atoms with van der Waals surface area (Å²) in [6.07, 6.45) is -6.06. The normalized spacial score (nSPS) is 14.1. The molecular weight excluding hydrogens is 324 g/mol. The Balaban J connectivity index is 3.45. The fraction of sp³-hybridized carbons (Fsp3) is 0.333. The Kier molecular flexibility index (Phi) is 5.20. The highest BCUT2D eigenvalue weighted by Crippen LogP contribution is 2.39. The highest BCUT2D eigenvalue weighted by atomic mass is 32.2. The molecule has 0 fully saturated rings. The van der Waals surface area contributed by atoms with Crippen LogP contribution in [0.2, 0.25) is 0 Å². The fourth-order valence-electron chi connectivity index (χ4n) is 1.34. The van der Waals surface area contributed by atoms with Crippen LogP contribution in [0.5, 0.6) is 5.75 Å². The van der Waals surface area contributed by atoms with E-state index in [2.05, 4.69) is 8.92 Å². The Morgan fingerprint density at radius 1 is 1.35 bits per heavy atom. The van der Waals surface area contributed by atoms with Gasteiger partial charge in [-0.15, -0.1) is 0 Å². The van der Waals surface area contributed by atoms with Gasteiger partial charge in [-0.3, -0.25) is 8.75 Å². The van der Waals surface area contributed by atoms with Crippen LogP contribution < -0.4 is 4.74 Å². The van der Waals surface area contributed by atoms with Gasteiger partial charge in [-0.05, 0) is 12.1 Å². The van der Waals surface area contributed by atoms with Gasteiger partial charge in [-0.1, -0.05) is 6.07 Å². The fourth-order valence-corrected chi connectivity index (χ4v) is 3.34. The molecular formula is C9H10F3O6PS. The monoisotopic (exact) mass is 334 g/mol. The standard InChI is InChI=1S/C9H10F3O6PS/c1-17-7-4-2-3-6(9(10,11)12)8(7)20(15,16)18-5-19(13)14/h2-4,19H,5H2,1H3,(H,13,14). The lowest BCUT2D eigenvalue weighted by atomic mass is 10.2. The molecule has 1 unspecified atom stereocenters. The number of rotatable bonds is 5. The van der Waals surface area contributed by atoms with E-state index in [-0.39, 0.29) is 0 Å². The van der Waals surface area contributed by atoms with Crippen LogP contribution in [-0.4, -0.2) is 26.8 Å². The van der Waals surface area contributed by atoms with Crippen LogP contribution in [-0.2, 0) is 25.0 Å². The highest BCUT2D eigenvalue weighted by Gasteiger charge is 2.39. The van der Waals surface area contributed by atoms with Gasteiger partial charge in [0, 0.05) is 0 Å². The minimum absolute atomic E-state index is 0.542. The van der Waals surface area contributed by atoms with Crippen molar-refractivity contribution in [2.24, 2.45) is 0 Å². The lowest BCUT2D eigenvalue weighted by Crippen LogP contribution is -2.16. The molecule has 0 saturated heterocycles. The predicted molar refractivity (Wildman–Crippen MR) is 62.4 cm³/mol. The number of alkyl halides is 3. The molecule has 0 aromatic heterocycles. The minimum atomic E-state index is -4.95. The first kappa shape index (κ1) is 17.0. The molecule has 20 heavy (non-hydrogen) atoms. The summed E-state index contributed by atoms with van der Waals surface area (Å²) in [6, 6.07) is 2.52. The Labute approximate surface area is 113 Å². The molecule has 0 amide bonds. The molecule has 0 heterocycles. The SMILES string of the molecule is COc1cccc(C(F)(F)F)c1S(=O)(=O)OC[PH](=O)O. The van der Waals surface area contributed by atoms with Gasteiger partial charge < -0.3 is 9.63 Å². The van der Waals surface area contributed by atoms with Crippen LogP contribution >= 0.6 is 8.03 Å². The molecule has 1 N–H and O–H groups in total. The number of halogens is 3. The Bertz CT molecular complexity index is 613. The van der Waals surface area contributed by atoms with Crippen LogP contribution in [0.25, 0.3) is 0 Å². The second-order valence-electron chi connectivity index (χ2n) is 3.44. The zero-order valence-corrected chi connectivity index (χ0v) is 11.8. The average molecular weight is 334 g/mol. The van der Waals surface area contributed by atoms with E-state index in [1.165, 1.54) is 0 Å². The van der Waals surface area contributed by atoms with Gasteiger partial charge in [0.1, 0.15) is 17.0 Å². The lowest BCUT2D eigenvalue weighted by molar-refractivity contribution is -0.140. The van der Waals surface area contributed by atoms with E-state index in [0.717, 1.165) is 19.2 Å². The summed E-state index contributed by atoms with van der Waals surface area (Å²) in [5.74, 6) is -0.572. The van der Waals surface area contributed by atoms with E-state index < -0.39 is 46.9 Å². The van der Waals surface area contributed by atoms with Gasteiger partial charge in [-0.25, -0.2) is 0 Å². The Morgan fingerprint density at radius 3 is 2.40 bits per heavy atom. The number of methoxy groups -OCH3 is 1. The van der Waals surface area contributed by atoms with Gasteiger partial charge in [0.15, 0.2) is 0 Å². The van der Waals surface area contributed by atoms with Crippen molar-refractivity contribution in [2.45, 2.75) is 11.1 Å². The number of hydrogen-bond acceptors (Lipinski definition) is 5. The maximum atomic E-state index is 12.8. The molecule has 1 aromatic rings. The van der Waals surface area contributed by atoms with Crippen molar-refractivity contribution in [3.63, 3.8) is 0 Å². The molecule has 6 nitrogen and oxygen atoms in total. The third-order valence-electron chi connectivity index (χ3n) is 2.09. The van der Waals surface area contributed by atoms with Crippen molar-refractivity contribution in [2.75, 3.05) is 13.5 Å². The number of benzene rings is 1. The summed E-state index contributed by atoms with van der Waals surface area (Å²) in [5.41, 5.74) is -1.48. The molecule has 0 aliphatic heterocycles.